The number of anilines is 1. The smallest absolute Gasteiger partial charge is 0.287 e. The maximum absolute atomic E-state index is 12.8. The highest BCUT2D eigenvalue weighted by Crippen LogP contribution is 2.15. The molecule has 2 amide bonds. The predicted molar refractivity (Wildman–Crippen MR) is 127 cm³/mol. The molecular weight excluding hydrogens is 408 g/mol. The molecule has 7 heteroatoms. The molecule has 0 bridgehead atoms. The van der Waals surface area contributed by atoms with Gasteiger partial charge in [0.1, 0.15) is 5.70 Å². The summed E-state index contributed by atoms with van der Waals surface area (Å²) in [5.41, 5.74) is 4.87. The maximum atomic E-state index is 12.8. The fourth-order valence-corrected chi connectivity index (χ4v) is 3.46. The Morgan fingerprint density at radius 2 is 1.68 bits per heavy atom. The molecule has 0 unspecified atom stereocenters. The Morgan fingerprint density at radius 3 is 2.29 bits per heavy atom. The number of carbonyl (C=O) groups excluding carboxylic acids is 2. The van der Waals surface area contributed by atoms with Gasteiger partial charge in [-0.3, -0.25) is 9.59 Å². The molecule has 0 aliphatic rings. The van der Waals surface area contributed by atoms with E-state index in [9.17, 15) is 9.59 Å². The first kappa shape index (κ1) is 22.0. The van der Waals surface area contributed by atoms with Crippen LogP contribution in [0.5, 0.6) is 0 Å². The first-order valence-corrected chi connectivity index (χ1v) is 10.5. The van der Waals surface area contributed by atoms with Crippen LogP contribution in [-0.4, -0.2) is 32.1 Å². The SMILES string of the molecule is Cc1ccc(/C=N\NC(=O)/C(=C/c2ccc(N(C)C)cc2)NC(=O)c2ccccc2)s1. The number of rotatable bonds is 7. The van der Waals surface area contributed by atoms with Crippen molar-refractivity contribution >= 4 is 41.1 Å². The van der Waals surface area contributed by atoms with Gasteiger partial charge in [0.2, 0.25) is 0 Å². The average molecular weight is 433 g/mol. The van der Waals surface area contributed by atoms with Crippen LogP contribution in [0.2, 0.25) is 0 Å². The molecule has 0 fully saturated rings. The molecule has 6 nitrogen and oxygen atoms in total. The van der Waals surface area contributed by atoms with Gasteiger partial charge < -0.3 is 10.2 Å². The second-order valence-corrected chi connectivity index (χ2v) is 8.33. The number of amides is 2. The fourth-order valence-electron chi connectivity index (χ4n) is 2.72. The van der Waals surface area contributed by atoms with E-state index < -0.39 is 5.91 Å². The van der Waals surface area contributed by atoms with Gasteiger partial charge in [0.25, 0.3) is 11.8 Å². The molecule has 0 saturated carbocycles. The molecule has 1 aromatic heterocycles. The van der Waals surface area contributed by atoms with Gasteiger partial charge >= 0.3 is 0 Å². The van der Waals surface area contributed by atoms with Crippen LogP contribution in [0.15, 0.2) is 77.5 Å². The first-order chi connectivity index (χ1) is 14.9. The van der Waals surface area contributed by atoms with E-state index in [0.29, 0.717) is 5.56 Å². The molecule has 31 heavy (non-hydrogen) atoms. The summed E-state index contributed by atoms with van der Waals surface area (Å²) < 4.78 is 0. The molecule has 0 aliphatic carbocycles. The summed E-state index contributed by atoms with van der Waals surface area (Å²) in [5, 5.41) is 6.72. The van der Waals surface area contributed by atoms with Crippen molar-refractivity contribution in [3.8, 4) is 0 Å². The van der Waals surface area contributed by atoms with Crippen LogP contribution in [0.25, 0.3) is 6.08 Å². The Kier molecular flexibility index (Phi) is 7.35. The van der Waals surface area contributed by atoms with Crippen molar-refractivity contribution in [2.24, 2.45) is 5.10 Å². The van der Waals surface area contributed by atoms with Gasteiger partial charge in [-0.2, -0.15) is 5.10 Å². The van der Waals surface area contributed by atoms with E-state index in [1.165, 1.54) is 0 Å². The summed E-state index contributed by atoms with van der Waals surface area (Å²) >= 11 is 1.57. The van der Waals surface area contributed by atoms with Crippen LogP contribution in [0.1, 0.15) is 25.7 Å². The van der Waals surface area contributed by atoms with Gasteiger partial charge in [-0.1, -0.05) is 30.3 Å². The van der Waals surface area contributed by atoms with Crippen molar-refractivity contribution in [3.63, 3.8) is 0 Å². The van der Waals surface area contributed by atoms with E-state index in [1.807, 2.05) is 68.4 Å². The number of nitrogens with one attached hydrogen (secondary N) is 2. The molecule has 1 heterocycles. The van der Waals surface area contributed by atoms with E-state index in [2.05, 4.69) is 15.8 Å². The molecule has 0 radical (unpaired) electrons. The van der Waals surface area contributed by atoms with Crippen LogP contribution < -0.4 is 15.6 Å². The quantitative estimate of drug-likeness (QED) is 0.336. The third-order valence-corrected chi connectivity index (χ3v) is 5.30. The lowest BCUT2D eigenvalue weighted by Gasteiger charge is -2.12. The zero-order chi connectivity index (χ0) is 22.2. The Hall–Kier alpha value is -3.71. The minimum absolute atomic E-state index is 0.103. The summed E-state index contributed by atoms with van der Waals surface area (Å²) in [4.78, 5) is 29.5. The van der Waals surface area contributed by atoms with E-state index in [4.69, 9.17) is 0 Å². The van der Waals surface area contributed by atoms with E-state index in [1.54, 1.807) is 47.9 Å². The van der Waals surface area contributed by atoms with Gasteiger partial charge in [0.15, 0.2) is 0 Å². The van der Waals surface area contributed by atoms with Crippen molar-refractivity contribution in [3.05, 3.63) is 93.3 Å². The molecule has 3 rings (SSSR count). The Balaban J connectivity index is 1.81. The lowest BCUT2D eigenvalue weighted by atomic mass is 10.1. The zero-order valence-electron chi connectivity index (χ0n) is 17.6. The molecule has 0 spiro atoms. The summed E-state index contributed by atoms with van der Waals surface area (Å²) in [5.74, 6) is -0.879. The zero-order valence-corrected chi connectivity index (χ0v) is 18.4. The number of aryl methyl sites for hydroxylation is 1. The van der Waals surface area contributed by atoms with Crippen molar-refractivity contribution in [1.82, 2.24) is 10.7 Å². The summed E-state index contributed by atoms with van der Waals surface area (Å²) in [6.45, 7) is 2.00. The second-order valence-electron chi connectivity index (χ2n) is 7.01. The van der Waals surface area contributed by atoms with Gasteiger partial charge in [0, 0.05) is 35.1 Å². The first-order valence-electron chi connectivity index (χ1n) is 9.68. The lowest BCUT2D eigenvalue weighted by molar-refractivity contribution is -0.117. The Bertz CT molecular complexity index is 1100. The topological polar surface area (TPSA) is 73.8 Å². The highest BCUT2D eigenvalue weighted by molar-refractivity contribution is 7.13. The lowest BCUT2D eigenvalue weighted by Crippen LogP contribution is -2.32. The molecule has 2 aromatic carbocycles. The molecule has 0 saturated heterocycles. The molecule has 2 N–H and O–H groups in total. The molecule has 0 atom stereocenters. The largest absolute Gasteiger partial charge is 0.378 e. The average Bonchev–Trinajstić information content (AvgIpc) is 3.19. The summed E-state index contributed by atoms with van der Waals surface area (Å²) in [6, 6.07) is 20.3. The van der Waals surface area contributed by atoms with E-state index >= 15 is 0 Å². The van der Waals surface area contributed by atoms with Gasteiger partial charge in [0.05, 0.1) is 6.21 Å². The molecular formula is C24H24N4O2S. The Morgan fingerprint density at radius 1 is 0.968 bits per heavy atom. The third-order valence-electron chi connectivity index (χ3n) is 4.37. The van der Waals surface area contributed by atoms with E-state index in [-0.39, 0.29) is 11.6 Å². The standard InChI is InChI=1S/C24H24N4O2S/c1-17-9-14-21(31-17)16-25-27-24(30)22(26-23(29)19-7-5-4-6-8-19)15-18-10-12-20(13-11-18)28(2)3/h4-16H,1-3H3,(H,26,29)(H,27,30)/b22-15-,25-16-. The summed E-state index contributed by atoms with van der Waals surface area (Å²) in [7, 11) is 3.91. The van der Waals surface area contributed by atoms with Crippen LogP contribution in [0.4, 0.5) is 5.69 Å². The number of hydrogen-bond donors (Lipinski definition) is 2. The maximum Gasteiger partial charge on any atom is 0.287 e. The number of carbonyl (C=O) groups is 2. The predicted octanol–water partition coefficient (Wildman–Crippen LogP) is 4.04. The fraction of sp³-hybridized carbons (Fsp3) is 0.125. The number of benzene rings is 2. The van der Waals surface area contributed by atoms with Crippen LogP contribution in [-0.2, 0) is 4.79 Å². The normalized spacial score (nSPS) is 11.4. The molecule has 158 valence electrons. The number of hydrogen-bond acceptors (Lipinski definition) is 5. The number of nitrogens with zero attached hydrogens (tertiary/aromatic N) is 2. The van der Waals surface area contributed by atoms with Crippen LogP contribution >= 0.6 is 11.3 Å². The number of hydrazone groups is 1. The summed E-state index contributed by atoms with van der Waals surface area (Å²) in [6.07, 6.45) is 3.21. The molecule has 3 aromatic rings. The van der Waals surface area contributed by atoms with Gasteiger partial charge in [-0.25, -0.2) is 5.43 Å². The van der Waals surface area contributed by atoms with Crippen molar-refractivity contribution < 1.29 is 9.59 Å². The molecule has 0 aliphatic heterocycles. The van der Waals surface area contributed by atoms with Gasteiger partial charge in [-0.05, 0) is 55.0 Å². The third kappa shape index (κ3) is 6.38. The van der Waals surface area contributed by atoms with Crippen LogP contribution in [0, 0.1) is 6.92 Å². The van der Waals surface area contributed by atoms with Crippen molar-refractivity contribution in [2.75, 3.05) is 19.0 Å². The highest BCUT2D eigenvalue weighted by Gasteiger charge is 2.14. The van der Waals surface area contributed by atoms with E-state index in [0.717, 1.165) is 21.0 Å². The Labute approximate surface area is 185 Å². The van der Waals surface area contributed by atoms with Gasteiger partial charge in [-0.15, -0.1) is 11.3 Å². The van der Waals surface area contributed by atoms with Crippen molar-refractivity contribution in [1.29, 1.82) is 0 Å². The minimum Gasteiger partial charge on any atom is -0.378 e. The van der Waals surface area contributed by atoms with Crippen molar-refractivity contribution in [2.45, 2.75) is 6.92 Å². The minimum atomic E-state index is -0.509. The number of thiophene rings is 1. The second kappa shape index (κ2) is 10.4. The van der Waals surface area contributed by atoms with Crippen LogP contribution in [0.3, 0.4) is 0 Å². The highest BCUT2D eigenvalue weighted by atomic mass is 32.1. The monoisotopic (exact) mass is 432 g/mol.